The Bertz CT molecular complexity index is 2020. The Morgan fingerprint density at radius 1 is 0.654 bits per heavy atom. The van der Waals surface area contributed by atoms with E-state index in [1.165, 1.54) is 35.9 Å². The van der Waals surface area contributed by atoms with E-state index < -0.39 is 36.1 Å². The molecule has 2 aromatic heterocycles. The van der Waals surface area contributed by atoms with Crippen LogP contribution in [0.3, 0.4) is 0 Å². The molecule has 16 heteroatoms. The van der Waals surface area contributed by atoms with E-state index in [0.717, 1.165) is 59.1 Å². The molecule has 2 amide bonds. The molecule has 2 aromatic carbocycles. The molecule has 272 valence electrons. The van der Waals surface area contributed by atoms with Gasteiger partial charge in [-0.1, -0.05) is 70.7 Å². The fraction of sp³-hybridized carbons (Fsp3) is 0.333. The van der Waals surface area contributed by atoms with Gasteiger partial charge in [-0.3, -0.25) is 19.0 Å². The summed E-state index contributed by atoms with van der Waals surface area (Å²) in [4.78, 5) is 25.2. The van der Waals surface area contributed by atoms with Gasteiger partial charge in [0.15, 0.2) is 0 Å². The maximum Gasteiger partial charge on any atom is 0.282 e. The van der Waals surface area contributed by atoms with Crippen LogP contribution in [-0.2, 0) is 14.1 Å². The second kappa shape index (κ2) is 14.2. The Kier molecular flexibility index (Phi) is 9.96. The SMILES string of the molecule is Cn1cc(C(=O)Nc2cccc3c2C2CCC3C2=C(Cl)Cl)c(C(F)F)n1.Cn1cc(C(=O)Nc2cccc3c2C2CCC3C2=C(Cl)Cl)c(C(F)F)n1. The normalized spacial score (nSPS) is 20.6. The summed E-state index contributed by atoms with van der Waals surface area (Å²) in [5, 5.41) is 12.9. The Morgan fingerprint density at radius 2 is 1.02 bits per heavy atom. The molecular formula is C36H30Cl4F4N6O2. The Morgan fingerprint density at radius 3 is 1.37 bits per heavy atom. The van der Waals surface area contributed by atoms with Crippen molar-refractivity contribution < 1.29 is 27.2 Å². The first-order valence-electron chi connectivity index (χ1n) is 16.4. The van der Waals surface area contributed by atoms with Gasteiger partial charge in [0.1, 0.15) is 20.4 Å². The third-order valence-corrected chi connectivity index (χ3v) is 11.1. The number of amides is 2. The average molecular weight is 796 g/mol. The number of benzene rings is 2. The number of aryl methyl sites for hydroxylation is 2. The maximum atomic E-state index is 13.1. The molecule has 4 unspecified atom stereocenters. The molecule has 4 aromatic rings. The van der Waals surface area contributed by atoms with Crippen LogP contribution in [0, 0.1) is 0 Å². The summed E-state index contributed by atoms with van der Waals surface area (Å²) in [5.41, 5.74) is 6.02. The van der Waals surface area contributed by atoms with Crippen molar-refractivity contribution in [2.75, 3.05) is 10.6 Å². The fourth-order valence-corrected chi connectivity index (χ4v) is 9.43. The van der Waals surface area contributed by atoms with Crippen molar-refractivity contribution >= 4 is 69.6 Å². The topological polar surface area (TPSA) is 93.8 Å². The largest absolute Gasteiger partial charge is 0.322 e. The van der Waals surface area contributed by atoms with Gasteiger partial charge < -0.3 is 10.6 Å². The molecule has 0 saturated heterocycles. The van der Waals surface area contributed by atoms with Crippen LogP contribution >= 0.6 is 46.4 Å². The van der Waals surface area contributed by atoms with Gasteiger partial charge in [0.2, 0.25) is 0 Å². The first-order chi connectivity index (χ1) is 24.8. The molecule has 4 bridgehead atoms. The number of halogens is 8. The van der Waals surface area contributed by atoms with Crippen LogP contribution in [0.25, 0.3) is 0 Å². The lowest BCUT2D eigenvalue weighted by Crippen LogP contribution is -2.16. The number of aromatic nitrogens is 4. The maximum absolute atomic E-state index is 13.1. The van der Waals surface area contributed by atoms with Crippen molar-refractivity contribution in [1.29, 1.82) is 0 Å². The van der Waals surface area contributed by atoms with Crippen molar-refractivity contribution in [2.24, 2.45) is 14.1 Å². The fourth-order valence-electron chi connectivity index (χ4n) is 8.38. The van der Waals surface area contributed by atoms with Crippen LogP contribution in [0.15, 0.2) is 68.9 Å². The number of anilines is 2. The van der Waals surface area contributed by atoms with Crippen LogP contribution in [0.5, 0.6) is 0 Å². The molecule has 0 aliphatic heterocycles. The quantitative estimate of drug-likeness (QED) is 0.190. The van der Waals surface area contributed by atoms with Gasteiger partial charge in [0.05, 0.1) is 11.1 Å². The number of carbonyl (C=O) groups excluding carboxylic acids is 2. The number of hydrogen-bond donors (Lipinski definition) is 2. The lowest BCUT2D eigenvalue weighted by molar-refractivity contribution is 0.100. The first-order valence-corrected chi connectivity index (χ1v) is 17.9. The molecule has 2 N–H and O–H groups in total. The van der Waals surface area contributed by atoms with E-state index in [2.05, 4.69) is 20.8 Å². The van der Waals surface area contributed by atoms with Crippen LogP contribution in [-0.4, -0.2) is 31.4 Å². The van der Waals surface area contributed by atoms with Crippen LogP contribution in [0.2, 0.25) is 0 Å². The Balaban J connectivity index is 0.000000162. The average Bonchev–Trinajstić information content (AvgIpc) is 3.94. The molecule has 8 rings (SSSR count). The minimum atomic E-state index is -2.82. The monoisotopic (exact) mass is 794 g/mol. The number of allylic oxidation sites excluding steroid dienone is 2. The predicted molar refractivity (Wildman–Crippen MR) is 192 cm³/mol. The van der Waals surface area contributed by atoms with E-state index in [1.54, 1.807) is 12.1 Å². The Labute approximate surface area is 315 Å². The minimum Gasteiger partial charge on any atom is -0.322 e. The molecule has 2 saturated carbocycles. The summed E-state index contributed by atoms with van der Waals surface area (Å²) in [7, 11) is 3.00. The molecule has 2 heterocycles. The summed E-state index contributed by atoms with van der Waals surface area (Å²) in [6.45, 7) is 0. The van der Waals surface area contributed by atoms with Crippen LogP contribution in [0.1, 0.15) is 117 Å². The van der Waals surface area contributed by atoms with Gasteiger partial charge in [-0.15, -0.1) is 0 Å². The highest BCUT2D eigenvalue weighted by Gasteiger charge is 2.45. The number of alkyl halides is 4. The van der Waals surface area contributed by atoms with Gasteiger partial charge in [-0.2, -0.15) is 10.2 Å². The second-order valence-corrected chi connectivity index (χ2v) is 15.0. The number of hydrogen-bond acceptors (Lipinski definition) is 4. The summed E-state index contributed by atoms with van der Waals surface area (Å²) in [6.07, 6.45) is 0.686. The number of carbonyl (C=O) groups is 2. The molecule has 8 nitrogen and oxygen atoms in total. The number of nitrogens with one attached hydrogen (secondary N) is 2. The van der Waals surface area contributed by atoms with Crippen LogP contribution < -0.4 is 10.6 Å². The predicted octanol–water partition coefficient (Wildman–Crippen LogP) is 10.5. The van der Waals surface area contributed by atoms with Gasteiger partial charge in [0.25, 0.3) is 24.7 Å². The number of rotatable bonds is 6. The van der Waals surface area contributed by atoms with E-state index in [-0.39, 0.29) is 43.8 Å². The zero-order valence-electron chi connectivity index (χ0n) is 27.5. The molecule has 0 spiro atoms. The number of fused-ring (bicyclic) bond motifs is 10. The van der Waals surface area contributed by atoms with E-state index in [0.29, 0.717) is 11.4 Å². The highest BCUT2D eigenvalue weighted by Crippen LogP contribution is 2.61. The minimum absolute atomic E-state index is 0.0555. The van der Waals surface area contributed by atoms with E-state index in [4.69, 9.17) is 46.4 Å². The van der Waals surface area contributed by atoms with Gasteiger partial charge in [-0.25, -0.2) is 17.6 Å². The smallest absolute Gasteiger partial charge is 0.282 e. The molecular weight excluding hydrogens is 766 g/mol. The summed E-state index contributed by atoms with van der Waals surface area (Å²) in [6, 6.07) is 11.2. The standard InChI is InChI=1S/2C18H15Cl2F2N3O/c2*1-25-7-11(15(24-25)17(21)22)18(26)23-12-4-2-3-8-9-5-6-10(13(8)12)14(9)16(19)20/h2*2-4,7,9-10,17H,5-6H2,1H3,(H,23,26). The third-order valence-electron chi connectivity index (χ3n) is 10.3. The van der Waals surface area contributed by atoms with Crippen molar-refractivity contribution in [3.63, 3.8) is 0 Å². The van der Waals surface area contributed by atoms with Crippen molar-refractivity contribution in [1.82, 2.24) is 19.6 Å². The Hall–Kier alpha value is -3.84. The molecule has 2 fully saturated rings. The van der Waals surface area contributed by atoms with E-state index in [9.17, 15) is 27.2 Å². The van der Waals surface area contributed by atoms with Gasteiger partial charge in [-0.05, 0) is 71.2 Å². The molecule has 52 heavy (non-hydrogen) atoms. The lowest BCUT2D eigenvalue weighted by atomic mass is 9.90. The first kappa shape index (κ1) is 36.5. The molecule has 0 radical (unpaired) electrons. The highest BCUT2D eigenvalue weighted by atomic mass is 35.5. The van der Waals surface area contributed by atoms with E-state index >= 15 is 0 Å². The summed E-state index contributed by atoms with van der Waals surface area (Å²) >= 11 is 24.3. The summed E-state index contributed by atoms with van der Waals surface area (Å²) < 4.78 is 55.5. The molecule has 4 atom stereocenters. The third kappa shape index (κ3) is 6.31. The van der Waals surface area contributed by atoms with Crippen molar-refractivity contribution in [3.05, 3.63) is 114 Å². The van der Waals surface area contributed by atoms with Crippen molar-refractivity contribution in [3.8, 4) is 0 Å². The zero-order chi connectivity index (χ0) is 37.2. The molecule has 4 aliphatic rings. The second-order valence-electron chi connectivity index (χ2n) is 13.1. The lowest BCUT2D eigenvalue weighted by Gasteiger charge is -2.18. The molecule has 4 aliphatic carbocycles. The van der Waals surface area contributed by atoms with Crippen LogP contribution in [0.4, 0.5) is 28.9 Å². The zero-order valence-corrected chi connectivity index (χ0v) is 30.6. The van der Waals surface area contributed by atoms with Gasteiger partial charge in [0, 0.05) is 61.5 Å². The van der Waals surface area contributed by atoms with Crippen molar-refractivity contribution in [2.45, 2.75) is 62.2 Å². The highest BCUT2D eigenvalue weighted by molar-refractivity contribution is 6.56. The number of nitrogens with zero attached hydrogens (tertiary/aromatic N) is 4. The van der Waals surface area contributed by atoms with E-state index in [1.807, 2.05) is 24.3 Å². The van der Waals surface area contributed by atoms with Gasteiger partial charge >= 0.3 is 0 Å². The summed E-state index contributed by atoms with van der Waals surface area (Å²) in [5.74, 6) is -0.780.